The van der Waals surface area contributed by atoms with Gasteiger partial charge in [-0.05, 0) is 6.92 Å². The van der Waals surface area contributed by atoms with Crippen molar-refractivity contribution in [3.63, 3.8) is 0 Å². The summed E-state index contributed by atoms with van der Waals surface area (Å²) in [6.07, 6.45) is 0. The number of aliphatic hydroxyl groups is 5. The lowest BCUT2D eigenvalue weighted by Crippen LogP contribution is -2.21. The highest BCUT2D eigenvalue weighted by molar-refractivity contribution is 6.00. The molecule has 0 fully saturated rings. The van der Waals surface area contributed by atoms with Gasteiger partial charge in [-0.25, -0.2) is 28.8 Å². The highest BCUT2D eigenvalue weighted by Gasteiger charge is 2.29. The van der Waals surface area contributed by atoms with E-state index in [1.54, 1.807) is 6.92 Å². The highest BCUT2D eigenvalue weighted by atomic mass is 16.6. The summed E-state index contributed by atoms with van der Waals surface area (Å²) in [5, 5.41) is 56.7. The van der Waals surface area contributed by atoms with Gasteiger partial charge in [0.2, 0.25) is 0 Å². The standard InChI is InChI=1S/C10H12O8.C6H8O6.C5H8O2.C4H4O6.CH4O/c1-5(11)17-7(9(13)15-3)8(10(14)16-4)18-6(2)12;1-11-5(9)3(7)4(8)6(10)12-2;1-4(2)7-5(3)6;5-1(3(7)8)2(6)4(9)10;1-2/h1-4H3;7-8H,1-2H3;1H2,2-3H3;5-6H,(H,7,8)(H,9,10);2H,1H3/p+1/b8-7+;4-3+;;2-1+;. The number of allylic oxidation sites excluding steroid dienone is 1. The second kappa shape index (κ2) is 28.8. The van der Waals surface area contributed by atoms with E-state index in [1.807, 2.05) is 0 Å². The van der Waals surface area contributed by atoms with Gasteiger partial charge in [-0.15, -0.1) is 0 Å². The first kappa shape index (κ1) is 51.9. The maximum atomic E-state index is 11.3. The van der Waals surface area contributed by atoms with Crippen LogP contribution in [0.3, 0.4) is 0 Å². The number of aliphatic hydroxyl groups excluding tert-OH is 5. The van der Waals surface area contributed by atoms with Crippen molar-refractivity contribution in [2.45, 2.75) is 27.7 Å². The summed E-state index contributed by atoms with van der Waals surface area (Å²) in [5.41, 5.74) is 0. The first-order chi connectivity index (χ1) is 22.5. The normalized spacial score (nSPS) is 10.5. The van der Waals surface area contributed by atoms with Gasteiger partial charge in [0.1, 0.15) is 0 Å². The van der Waals surface area contributed by atoms with Crippen LogP contribution >= 0.6 is 0 Å². The number of rotatable bonds is 9. The van der Waals surface area contributed by atoms with Crippen molar-refractivity contribution >= 4 is 53.7 Å². The van der Waals surface area contributed by atoms with Crippen LogP contribution in [0, 0.1) is 0 Å². The molecule has 0 rings (SSSR count). The third kappa shape index (κ3) is 26.3. The van der Waals surface area contributed by atoms with Crippen molar-refractivity contribution < 1.29 is 113 Å². The molecule has 23 heteroatoms. The third-order valence-electron chi connectivity index (χ3n) is 3.37. The molecule has 0 radical (unpaired) electrons. The molecule has 0 aromatic carbocycles. The molecular weight excluding hydrogens is 680 g/mol. The monoisotopic (exact) mass is 717 g/mol. The molecule has 0 aliphatic rings. The van der Waals surface area contributed by atoms with E-state index in [4.69, 9.17) is 35.7 Å². The number of carboxylic acids is 2. The van der Waals surface area contributed by atoms with E-state index in [9.17, 15) is 43.2 Å². The van der Waals surface area contributed by atoms with Crippen LogP contribution in [-0.2, 0) is 76.3 Å². The Balaban J connectivity index is -0.000000133. The number of hydrogen-bond acceptors (Lipinski definition) is 21. The maximum absolute atomic E-state index is 11.3. The Labute approximate surface area is 277 Å². The number of ether oxygens (including phenoxy) is 7. The van der Waals surface area contributed by atoms with E-state index in [1.165, 1.54) is 6.92 Å². The fourth-order valence-electron chi connectivity index (χ4n) is 1.67. The predicted molar refractivity (Wildman–Crippen MR) is 154 cm³/mol. The fraction of sp³-hybridized carbons (Fsp3) is 0.346. The summed E-state index contributed by atoms with van der Waals surface area (Å²) >= 11 is 0. The van der Waals surface area contributed by atoms with E-state index in [-0.39, 0.29) is 7.40 Å². The molecule has 0 heterocycles. The lowest BCUT2D eigenvalue weighted by molar-refractivity contribution is -0.154. The van der Waals surface area contributed by atoms with Gasteiger partial charge in [0, 0.05) is 27.9 Å². The molecule has 0 saturated heterocycles. The largest absolute Gasteiger partial charge is 1.00 e. The summed E-state index contributed by atoms with van der Waals surface area (Å²) in [6, 6.07) is 0. The van der Waals surface area contributed by atoms with Crippen LogP contribution < -0.4 is 0 Å². The molecule has 7 N–H and O–H groups in total. The van der Waals surface area contributed by atoms with Crippen LogP contribution in [0.4, 0.5) is 0 Å². The van der Waals surface area contributed by atoms with E-state index in [0.717, 1.165) is 49.4 Å². The smallest absolute Gasteiger partial charge is 0.499 e. The molecule has 0 amide bonds. The van der Waals surface area contributed by atoms with Crippen molar-refractivity contribution in [2.75, 3.05) is 35.5 Å². The van der Waals surface area contributed by atoms with Crippen LogP contribution in [0.25, 0.3) is 0 Å². The molecule has 0 aromatic heterocycles. The summed E-state index contributed by atoms with van der Waals surface area (Å²) in [6.45, 7) is 8.30. The van der Waals surface area contributed by atoms with Crippen LogP contribution in [-0.4, -0.2) is 125 Å². The van der Waals surface area contributed by atoms with Gasteiger partial charge in [0.05, 0.1) is 34.2 Å². The molecular formula is C26H37O23+. The number of esters is 7. The van der Waals surface area contributed by atoms with Gasteiger partial charge in [0.25, 0.3) is 34.6 Å². The van der Waals surface area contributed by atoms with Crippen LogP contribution in [0.1, 0.15) is 29.1 Å². The Morgan fingerprint density at radius 3 is 0.776 bits per heavy atom. The van der Waals surface area contributed by atoms with Crippen LogP contribution in [0.15, 0.2) is 46.9 Å². The van der Waals surface area contributed by atoms with Gasteiger partial charge in [0.15, 0.2) is 0 Å². The zero-order valence-corrected chi connectivity index (χ0v) is 27.4. The number of hydrogen-bond donors (Lipinski definition) is 7. The predicted octanol–water partition coefficient (Wildman–Crippen LogP) is -0.382. The second-order valence-corrected chi connectivity index (χ2v) is 7.11. The van der Waals surface area contributed by atoms with E-state index >= 15 is 0 Å². The Morgan fingerprint density at radius 2 is 0.653 bits per heavy atom. The van der Waals surface area contributed by atoms with Crippen LogP contribution in [0.2, 0.25) is 0 Å². The first-order valence-electron chi connectivity index (χ1n) is 11.9. The zero-order valence-electron chi connectivity index (χ0n) is 28.4. The Bertz CT molecular complexity index is 1220. The van der Waals surface area contributed by atoms with Crippen molar-refractivity contribution in [1.29, 1.82) is 0 Å². The third-order valence-corrected chi connectivity index (χ3v) is 3.37. The molecule has 0 spiro atoms. The van der Waals surface area contributed by atoms with Gasteiger partial charge < -0.3 is 68.9 Å². The topological polar surface area (TPSA) is 360 Å². The average molecular weight is 718 g/mol. The van der Waals surface area contributed by atoms with Gasteiger partial charge in [-0.2, -0.15) is 0 Å². The van der Waals surface area contributed by atoms with Gasteiger partial charge in [-0.3, -0.25) is 14.4 Å². The number of methoxy groups -OCH3 is 4. The second-order valence-electron chi connectivity index (χ2n) is 7.11. The van der Waals surface area contributed by atoms with Crippen LogP contribution in [0.5, 0.6) is 0 Å². The Morgan fingerprint density at radius 1 is 0.429 bits per heavy atom. The van der Waals surface area contributed by atoms with Crippen molar-refractivity contribution in [3.05, 3.63) is 46.9 Å². The molecule has 0 bridgehead atoms. The van der Waals surface area contributed by atoms with Crippen molar-refractivity contribution in [2.24, 2.45) is 0 Å². The van der Waals surface area contributed by atoms with Gasteiger partial charge in [-0.1, -0.05) is 6.58 Å². The minimum absolute atomic E-state index is 0. The molecule has 0 unspecified atom stereocenters. The summed E-state index contributed by atoms with van der Waals surface area (Å²) in [4.78, 5) is 94.7. The lowest BCUT2D eigenvalue weighted by atomic mass is 10.4. The molecule has 0 saturated carbocycles. The Hall–Kier alpha value is -6.65. The van der Waals surface area contributed by atoms with E-state index in [2.05, 4.69) is 39.7 Å². The van der Waals surface area contributed by atoms with Crippen molar-refractivity contribution in [1.82, 2.24) is 0 Å². The molecule has 49 heavy (non-hydrogen) atoms. The first-order valence-corrected chi connectivity index (χ1v) is 11.9. The minimum Gasteiger partial charge on any atom is -0.499 e. The molecule has 0 aliphatic heterocycles. The Kier molecular flexibility index (Phi) is 30.5. The van der Waals surface area contributed by atoms with Crippen molar-refractivity contribution in [3.8, 4) is 0 Å². The SMILES string of the molecule is C=C(C)OC(C)=O.CO.COC(=O)/C(O)=C(\O)C(=O)OC.COC(=O)/C(OC(C)=O)=C(\OC(C)=O)C(=O)OC.O=C(O)/C(O)=C(\O)C(=O)O.[H+]. The number of carbonyl (C=O) groups is 9. The van der Waals surface area contributed by atoms with E-state index in [0.29, 0.717) is 5.76 Å². The van der Waals surface area contributed by atoms with Gasteiger partial charge >= 0.3 is 55.2 Å². The number of carboxylic acid groups (broad SMARTS) is 2. The zero-order chi connectivity index (χ0) is 40.2. The fourth-order valence-corrected chi connectivity index (χ4v) is 1.67. The molecule has 278 valence electrons. The number of aliphatic carboxylic acids is 2. The summed E-state index contributed by atoms with van der Waals surface area (Å²) < 4.78 is 30.0. The number of carbonyl (C=O) groups excluding carboxylic acids is 7. The molecule has 0 atom stereocenters. The maximum Gasteiger partial charge on any atom is 1.00 e. The lowest BCUT2D eigenvalue weighted by Gasteiger charge is -2.10. The highest BCUT2D eigenvalue weighted by Crippen LogP contribution is 2.13. The molecule has 0 aliphatic carbocycles. The quantitative estimate of drug-likeness (QED) is 0.0691. The summed E-state index contributed by atoms with van der Waals surface area (Å²) in [5.74, 6) is -17.4. The minimum atomic E-state index is -1.89. The average Bonchev–Trinajstić information content (AvgIpc) is 3.03. The summed E-state index contributed by atoms with van der Waals surface area (Å²) in [7, 11) is 4.97. The molecule has 0 aromatic rings. The van der Waals surface area contributed by atoms with E-state index < -0.39 is 82.3 Å². The molecule has 23 nitrogen and oxygen atoms in total.